The van der Waals surface area contributed by atoms with Crippen LogP contribution < -0.4 is 26.0 Å². The summed E-state index contributed by atoms with van der Waals surface area (Å²) in [6.07, 6.45) is 9.58. The number of carbonyl (C=O) groups is 3. The number of hydrogen-bond donors (Lipinski definition) is 2. The molecule has 0 atom stereocenters. The summed E-state index contributed by atoms with van der Waals surface area (Å²) in [6.45, 7) is 5.91. The number of imide groups is 1. The Morgan fingerprint density at radius 2 is 1.76 bits per heavy atom. The third-order valence-electron chi connectivity index (χ3n) is 10.1. The summed E-state index contributed by atoms with van der Waals surface area (Å²) >= 11 is 0. The largest absolute Gasteiger partial charge is 0.370 e. The minimum absolute atomic E-state index is 0.0123. The normalized spacial score (nSPS) is 17.5. The van der Waals surface area contributed by atoms with Crippen molar-refractivity contribution in [1.29, 1.82) is 0 Å². The van der Waals surface area contributed by atoms with E-state index in [1.807, 2.05) is 24.4 Å². The third-order valence-corrected chi connectivity index (χ3v) is 10.1. The molecule has 0 spiro atoms. The Morgan fingerprint density at radius 1 is 0.980 bits per heavy atom. The van der Waals surface area contributed by atoms with Crippen LogP contribution in [0, 0.1) is 6.92 Å². The molecule has 0 unspecified atom stereocenters. The lowest BCUT2D eigenvalue weighted by atomic mass is 10.0. The van der Waals surface area contributed by atoms with E-state index < -0.39 is 6.03 Å². The molecule has 7 rings (SSSR count). The molecule has 3 aliphatic rings. The number of rotatable bonds is 9. The summed E-state index contributed by atoms with van der Waals surface area (Å²) in [5.41, 5.74) is 2.94. The van der Waals surface area contributed by atoms with Crippen LogP contribution in [0.4, 0.5) is 28.1 Å². The first-order chi connectivity index (χ1) is 24.2. The molecule has 3 amide bonds. The molecule has 2 saturated heterocycles. The van der Waals surface area contributed by atoms with Crippen LogP contribution >= 0.6 is 0 Å². The van der Waals surface area contributed by atoms with Gasteiger partial charge in [0.15, 0.2) is 11.6 Å². The molecule has 15 heteroatoms. The van der Waals surface area contributed by atoms with Crippen molar-refractivity contribution in [3.8, 4) is 0 Å². The Hall–Kier alpha value is -5.31. The Morgan fingerprint density at radius 3 is 2.42 bits per heavy atom. The maximum absolute atomic E-state index is 13.5. The second-order valence-electron chi connectivity index (χ2n) is 13.4. The van der Waals surface area contributed by atoms with Crippen LogP contribution in [0.15, 0.2) is 41.5 Å². The van der Waals surface area contributed by atoms with E-state index in [0.717, 1.165) is 63.0 Å². The highest BCUT2D eigenvalue weighted by atomic mass is 16.2. The molecule has 50 heavy (non-hydrogen) atoms. The smallest absolute Gasteiger partial charge is 0.329 e. The van der Waals surface area contributed by atoms with Crippen molar-refractivity contribution in [2.24, 2.45) is 0 Å². The standard InChI is InChI=1S/C35H41N11O4/c1-21-27-19-37-34(40-32(27)46(25-6-4-5-7-25)33(49)31(21)22(2)47)38-28-10-9-26(18-36-28)44-15-12-24(13-16-44)43(3)20-23-8-11-29(42-41-23)45-17-14-30(48)39-35(45)50/h8-11,18-19,24-25H,4-7,12-17,20H2,1-3H3,(H,39,48,50)(H,36,37,38,40). The minimum atomic E-state index is -0.472. The quantitative estimate of drug-likeness (QED) is 0.245. The van der Waals surface area contributed by atoms with Gasteiger partial charge in [-0.3, -0.25) is 34.1 Å². The van der Waals surface area contributed by atoms with Crippen molar-refractivity contribution in [3.63, 3.8) is 0 Å². The number of nitrogens with zero attached hydrogens (tertiary/aromatic N) is 9. The average molecular weight is 680 g/mol. The van der Waals surface area contributed by atoms with Crippen molar-refractivity contribution >= 4 is 52.0 Å². The van der Waals surface area contributed by atoms with E-state index >= 15 is 0 Å². The number of ketones is 1. The van der Waals surface area contributed by atoms with E-state index in [1.54, 1.807) is 23.8 Å². The molecule has 0 aromatic carbocycles. The molecule has 4 aromatic heterocycles. The van der Waals surface area contributed by atoms with Crippen molar-refractivity contribution in [3.05, 3.63) is 63.8 Å². The number of nitrogens with one attached hydrogen (secondary N) is 2. The summed E-state index contributed by atoms with van der Waals surface area (Å²) in [5, 5.41) is 14.8. The molecule has 260 valence electrons. The van der Waals surface area contributed by atoms with E-state index in [-0.39, 0.29) is 35.3 Å². The van der Waals surface area contributed by atoms with E-state index in [1.165, 1.54) is 11.8 Å². The zero-order chi connectivity index (χ0) is 34.9. The maximum atomic E-state index is 13.5. The average Bonchev–Trinajstić information content (AvgIpc) is 3.64. The lowest BCUT2D eigenvalue weighted by molar-refractivity contribution is -0.120. The fourth-order valence-corrected chi connectivity index (χ4v) is 7.38. The molecule has 6 heterocycles. The summed E-state index contributed by atoms with van der Waals surface area (Å²) in [4.78, 5) is 69.5. The molecule has 2 aliphatic heterocycles. The van der Waals surface area contributed by atoms with Gasteiger partial charge in [-0.2, -0.15) is 10.1 Å². The maximum Gasteiger partial charge on any atom is 0.329 e. The SMILES string of the molecule is CC(=O)c1c(C)c2cnc(Nc3ccc(N4CCC(N(C)Cc5ccc(N6CCC(=O)NC6=O)nn5)CC4)cn3)nc2n(C2CCCC2)c1=O. The minimum Gasteiger partial charge on any atom is -0.370 e. The van der Waals surface area contributed by atoms with Gasteiger partial charge in [-0.05, 0) is 76.4 Å². The first-order valence-corrected chi connectivity index (χ1v) is 17.2. The zero-order valence-electron chi connectivity index (χ0n) is 28.6. The van der Waals surface area contributed by atoms with Gasteiger partial charge in [-0.1, -0.05) is 12.8 Å². The van der Waals surface area contributed by atoms with Gasteiger partial charge in [0.2, 0.25) is 11.9 Å². The topological polar surface area (TPSA) is 171 Å². The van der Waals surface area contributed by atoms with E-state index in [0.29, 0.717) is 53.3 Å². The van der Waals surface area contributed by atoms with Crippen LogP contribution in [0.1, 0.15) is 79.5 Å². The fourth-order valence-electron chi connectivity index (χ4n) is 7.38. The van der Waals surface area contributed by atoms with Crippen LogP contribution in [0.3, 0.4) is 0 Å². The number of anilines is 4. The number of fused-ring (bicyclic) bond motifs is 1. The molecule has 0 bridgehead atoms. The van der Waals surface area contributed by atoms with Gasteiger partial charge in [0.1, 0.15) is 11.5 Å². The summed E-state index contributed by atoms with van der Waals surface area (Å²) in [7, 11) is 2.09. The van der Waals surface area contributed by atoms with E-state index in [9.17, 15) is 19.2 Å². The predicted molar refractivity (Wildman–Crippen MR) is 188 cm³/mol. The molecule has 2 N–H and O–H groups in total. The van der Waals surface area contributed by atoms with Crippen LogP contribution in [0.2, 0.25) is 0 Å². The van der Waals surface area contributed by atoms with Gasteiger partial charge >= 0.3 is 6.03 Å². The number of urea groups is 1. The number of piperidine rings is 1. The number of Topliss-reactive ketones (excluding diaryl/α,β-unsaturated/α-hetero) is 1. The predicted octanol–water partition coefficient (Wildman–Crippen LogP) is 3.89. The highest BCUT2D eigenvalue weighted by Crippen LogP contribution is 2.32. The summed E-state index contributed by atoms with van der Waals surface area (Å²) < 4.78 is 1.71. The lowest BCUT2D eigenvalue weighted by Crippen LogP contribution is -2.50. The van der Waals surface area contributed by atoms with Crippen molar-refractivity contribution in [2.45, 2.75) is 77.4 Å². The van der Waals surface area contributed by atoms with Gasteiger partial charge < -0.3 is 10.2 Å². The number of aromatic nitrogens is 6. The van der Waals surface area contributed by atoms with E-state index in [2.05, 4.69) is 47.6 Å². The number of carbonyl (C=O) groups excluding carboxylic acids is 3. The fraction of sp³-hybridized carbons (Fsp3) is 0.457. The van der Waals surface area contributed by atoms with Crippen molar-refractivity contribution in [1.82, 2.24) is 39.9 Å². The number of amides is 3. The number of aryl methyl sites for hydroxylation is 1. The Balaban J connectivity index is 0.968. The van der Waals surface area contributed by atoms with Crippen LogP contribution in [0.25, 0.3) is 11.0 Å². The first-order valence-electron chi connectivity index (χ1n) is 17.2. The van der Waals surface area contributed by atoms with Crippen molar-refractivity contribution < 1.29 is 14.4 Å². The first kappa shape index (κ1) is 33.2. The van der Waals surface area contributed by atoms with Gasteiger partial charge in [-0.15, -0.1) is 5.10 Å². The molecule has 15 nitrogen and oxygen atoms in total. The summed E-state index contributed by atoms with van der Waals surface area (Å²) in [5.74, 6) is 0.842. The highest BCUT2D eigenvalue weighted by molar-refractivity contribution is 6.05. The van der Waals surface area contributed by atoms with Crippen LogP contribution in [-0.4, -0.2) is 85.1 Å². The number of pyridine rings is 2. The van der Waals surface area contributed by atoms with Crippen LogP contribution in [-0.2, 0) is 11.3 Å². The molecular weight excluding hydrogens is 638 g/mol. The summed E-state index contributed by atoms with van der Waals surface area (Å²) in [6, 6.07) is 7.51. The Kier molecular flexibility index (Phi) is 9.23. The molecular formula is C35H41N11O4. The second kappa shape index (κ2) is 13.9. The van der Waals surface area contributed by atoms with E-state index in [4.69, 9.17) is 4.98 Å². The molecule has 1 saturated carbocycles. The third kappa shape index (κ3) is 6.64. The van der Waals surface area contributed by atoms with Crippen LogP contribution in [0.5, 0.6) is 0 Å². The highest BCUT2D eigenvalue weighted by Gasteiger charge is 2.28. The lowest BCUT2D eigenvalue weighted by Gasteiger charge is -2.37. The second-order valence-corrected chi connectivity index (χ2v) is 13.4. The van der Waals surface area contributed by atoms with Gasteiger partial charge in [0.25, 0.3) is 5.56 Å². The van der Waals surface area contributed by atoms with Gasteiger partial charge in [0.05, 0.1) is 23.1 Å². The van der Waals surface area contributed by atoms with Gasteiger partial charge in [0, 0.05) is 56.3 Å². The Bertz CT molecular complexity index is 1980. The molecule has 3 fully saturated rings. The molecule has 0 radical (unpaired) electrons. The molecule has 1 aliphatic carbocycles. The van der Waals surface area contributed by atoms with Crippen molar-refractivity contribution in [2.75, 3.05) is 41.8 Å². The molecule has 4 aromatic rings. The number of hydrogen-bond acceptors (Lipinski definition) is 12. The van der Waals surface area contributed by atoms with Gasteiger partial charge in [-0.25, -0.2) is 14.8 Å². The zero-order valence-corrected chi connectivity index (χ0v) is 28.6. The Labute approximate surface area is 289 Å². The monoisotopic (exact) mass is 679 g/mol.